The van der Waals surface area contributed by atoms with Gasteiger partial charge in [-0.15, -0.1) is 0 Å². The highest BCUT2D eigenvalue weighted by molar-refractivity contribution is 6.30. The standard InChI is InChI=1S/C21H20ClNO4/c1-14(24)15-6-10-19(11-7-15)27-21(26)17-3-2-12-23(13-17)20(25)16-4-8-18(22)9-5-16/h4-11,17H,2-3,12-13H2,1H3/t17-/m1/s1. The van der Waals surface area contributed by atoms with Crippen LogP contribution in [0.25, 0.3) is 0 Å². The average molecular weight is 386 g/mol. The van der Waals surface area contributed by atoms with Crippen LogP contribution in [-0.4, -0.2) is 35.6 Å². The topological polar surface area (TPSA) is 63.7 Å². The van der Waals surface area contributed by atoms with Gasteiger partial charge in [0, 0.05) is 29.2 Å². The van der Waals surface area contributed by atoms with Crippen molar-refractivity contribution in [1.29, 1.82) is 0 Å². The quantitative estimate of drug-likeness (QED) is 0.453. The van der Waals surface area contributed by atoms with E-state index in [-0.39, 0.29) is 23.6 Å². The van der Waals surface area contributed by atoms with Crippen LogP contribution >= 0.6 is 11.6 Å². The minimum Gasteiger partial charge on any atom is -0.426 e. The fraction of sp³-hybridized carbons (Fsp3) is 0.286. The van der Waals surface area contributed by atoms with Crippen LogP contribution < -0.4 is 4.74 Å². The number of ketones is 1. The smallest absolute Gasteiger partial charge is 0.316 e. The molecule has 1 aliphatic heterocycles. The summed E-state index contributed by atoms with van der Waals surface area (Å²) < 4.78 is 5.43. The maximum Gasteiger partial charge on any atom is 0.316 e. The molecule has 0 bridgehead atoms. The highest BCUT2D eigenvalue weighted by atomic mass is 35.5. The number of carbonyl (C=O) groups excluding carboxylic acids is 3. The Kier molecular flexibility index (Phi) is 5.91. The molecule has 0 spiro atoms. The summed E-state index contributed by atoms with van der Waals surface area (Å²) in [6.45, 7) is 2.42. The molecule has 1 heterocycles. The molecule has 2 aromatic rings. The van der Waals surface area contributed by atoms with Gasteiger partial charge in [0.25, 0.3) is 5.91 Å². The number of nitrogens with zero attached hydrogens (tertiary/aromatic N) is 1. The largest absolute Gasteiger partial charge is 0.426 e. The molecule has 2 aromatic carbocycles. The molecule has 0 unspecified atom stereocenters. The third kappa shape index (κ3) is 4.74. The summed E-state index contributed by atoms with van der Waals surface area (Å²) >= 11 is 5.87. The van der Waals surface area contributed by atoms with Crippen molar-refractivity contribution in [3.05, 3.63) is 64.7 Å². The van der Waals surface area contributed by atoms with Crippen molar-refractivity contribution in [2.45, 2.75) is 19.8 Å². The predicted octanol–water partition coefficient (Wildman–Crippen LogP) is 4.00. The van der Waals surface area contributed by atoms with E-state index in [0.29, 0.717) is 41.4 Å². The van der Waals surface area contributed by atoms with Crippen LogP contribution in [0.5, 0.6) is 5.75 Å². The maximum absolute atomic E-state index is 12.6. The second kappa shape index (κ2) is 8.35. The van der Waals surface area contributed by atoms with Gasteiger partial charge in [-0.25, -0.2) is 0 Å². The lowest BCUT2D eigenvalue weighted by atomic mass is 9.97. The molecule has 0 saturated carbocycles. The third-order valence-electron chi connectivity index (χ3n) is 4.61. The van der Waals surface area contributed by atoms with Gasteiger partial charge in [0.2, 0.25) is 0 Å². The molecule has 3 rings (SSSR count). The number of rotatable bonds is 4. The monoisotopic (exact) mass is 385 g/mol. The SMILES string of the molecule is CC(=O)c1ccc(OC(=O)[C@@H]2CCCN(C(=O)c3ccc(Cl)cc3)C2)cc1. The van der Waals surface area contributed by atoms with Crippen molar-refractivity contribution in [3.63, 3.8) is 0 Å². The van der Waals surface area contributed by atoms with Crippen LogP contribution in [0.4, 0.5) is 0 Å². The second-order valence-electron chi connectivity index (χ2n) is 6.60. The molecular weight excluding hydrogens is 366 g/mol. The van der Waals surface area contributed by atoms with E-state index in [1.165, 1.54) is 6.92 Å². The van der Waals surface area contributed by atoms with Gasteiger partial charge in [0.1, 0.15) is 5.75 Å². The molecule has 5 nitrogen and oxygen atoms in total. The van der Waals surface area contributed by atoms with Crippen LogP contribution in [0.2, 0.25) is 5.02 Å². The number of benzene rings is 2. The van der Waals surface area contributed by atoms with Gasteiger partial charge in [-0.2, -0.15) is 0 Å². The highest BCUT2D eigenvalue weighted by Gasteiger charge is 2.30. The van der Waals surface area contributed by atoms with Crippen molar-refractivity contribution >= 4 is 29.3 Å². The molecule has 1 fully saturated rings. The summed E-state index contributed by atoms with van der Waals surface area (Å²) in [6, 6.07) is 13.2. The number of ether oxygens (including phenoxy) is 1. The minimum atomic E-state index is -0.373. The molecule has 0 aromatic heterocycles. The molecule has 0 radical (unpaired) electrons. The number of amides is 1. The summed E-state index contributed by atoms with van der Waals surface area (Å²) in [4.78, 5) is 38.1. The van der Waals surface area contributed by atoms with Gasteiger partial charge < -0.3 is 9.64 Å². The number of carbonyl (C=O) groups is 3. The molecule has 6 heteroatoms. The number of likely N-dealkylation sites (tertiary alicyclic amines) is 1. The highest BCUT2D eigenvalue weighted by Crippen LogP contribution is 2.22. The Morgan fingerprint density at radius 1 is 1.00 bits per heavy atom. The molecular formula is C21H20ClNO4. The van der Waals surface area contributed by atoms with Crippen LogP contribution in [0.15, 0.2) is 48.5 Å². The number of hydrogen-bond acceptors (Lipinski definition) is 4. The third-order valence-corrected chi connectivity index (χ3v) is 4.86. The fourth-order valence-corrected chi connectivity index (χ4v) is 3.21. The molecule has 27 heavy (non-hydrogen) atoms. The van der Waals surface area contributed by atoms with E-state index in [4.69, 9.17) is 16.3 Å². The first-order valence-corrected chi connectivity index (χ1v) is 9.19. The molecule has 1 saturated heterocycles. The van der Waals surface area contributed by atoms with E-state index in [0.717, 1.165) is 6.42 Å². The Balaban J connectivity index is 1.63. The molecule has 0 N–H and O–H groups in total. The summed E-state index contributed by atoms with van der Waals surface area (Å²) in [5.41, 5.74) is 1.11. The summed E-state index contributed by atoms with van der Waals surface area (Å²) in [7, 11) is 0. The Labute approximate surface area is 162 Å². The number of halogens is 1. The first-order valence-electron chi connectivity index (χ1n) is 8.81. The molecule has 1 atom stereocenters. The second-order valence-corrected chi connectivity index (χ2v) is 7.04. The number of hydrogen-bond donors (Lipinski definition) is 0. The predicted molar refractivity (Wildman–Crippen MR) is 102 cm³/mol. The van der Waals surface area contributed by atoms with E-state index in [2.05, 4.69) is 0 Å². The zero-order chi connectivity index (χ0) is 19.4. The minimum absolute atomic E-state index is 0.0449. The molecule has 1 aliphatic rings. The van der Waals surface area contributed by atoms with Crippen molar-refractivity contribution in [2.24, 2.45) is 5.92 Å². The van der Waals surface area contributed by atoms with Crippen LogP contribution in [0, 0.1) is 5.92 Å². The van der Waals surface area contributed by atoms with Gasteiger partial charge >= 0.3 is 5.97 Å². The number of esters is 1. The lowest BCUT2D eigenvalue weighted by Gasteiger charge is -2.31. The van der Waals surface area contributed by atoms with E-state index >= 15 is 0 Å². The summed E-state index contributed by atoms with van der Waals surface area (Å²) in [5.74, 6) is -0.501. The van der Waals surface area contributed by atoms with Gasteiger partial charge in [0.05, 0.1) is 5.92 Å². The van der Waals surface area contributed by atoms with E-state index in [9.17, 15) is 14.4 Å². The molecule has 0 aliphatic carbocycles. The first-order chi connectivity index (χ1) is 12.9. The van der Waals surface area contributed by atoms with Crippen molar-refractivity contribution < 1.29 is 19.1 Å². The Morgan fingerprint density at radius 2 is 1.63 bits per heavy atom. The van der Waals surface area contributed by atoms with Crippen molar-refractivity contribution in [3.8, 4) is 5.75 Å². The average Bonchev–Trinajstić information content (AvgIpc) is 2.68. The van der Waals surface area contributed by atoms with E-state index in [1.807, 2.05) is 0 Å². The number of piperidine rings is 1. The van der Waals surface area contributed by atoms with E-state index in [1.54, 1.807) is 53.4 Å². The Bertz CT molecular complexity index is 845. The lowest BCUT2D eigenvalue weighted by Crippen LogP contribution is -2.43. The lowest BCUT2D eigenvalue weighted by molar-refractivity contribution is -0.140. The van der Waals surface area contributed by atoms with E-state index < -0.39 is 0 Å². The van der Waals surface area contributed by atoms with Gasteiger partial charge in [0.15, 0.2) is 5.78 Å². The van der Waals surface area contributed by atoms with Gasteiger partial charge in [-0.1, -0.05) is 11.6 Å². The fourth-order valence-electron chi connectivity index (χ4n) is 3.09. The first kappa shape index (κ1) is 19.1. The number of Topliss-reactive ketones (excluding diaryl/α,β-unsaturated/α-hetero) is 1. The summed E-state index contributed by atoms with van der Waals surface area (Å²) in [5, 5.41) is 0.572. The van der Waals surface area contributed by atoms with Crippen molar-refractivity contribution in [1.82, 2.24) is 4.90 Å². The Hall–Kier alpha value is -2.66. The maximum atomic E-state index is 12.6. The van der Waals surface area contributed by atoms with Gasteiger partial charge in [-0.3, -0.25) is 14.4 Å². The van der Waals surface area contributed by atoms with Crippen LogP contribution in [-0.2, 0) is 4.79 Å². The normalized spacial score (nSPS) is 16.7. The van der Waals surface area contributed by atoms with Crippen LogP contribution in [0.3, 0.4) is 0 Å². The van der Waals surface area contributed by atoms with Gasteiger partial charge in [-0.05, 0) is 68.3 Å². The molecule has 1 amide bonds. The van der Waals surface area contributed by atoms with Crippen LogP contribution in [0.1, 0.15) is 40.5 Å². The zero-order valence-corrected chi connectivity index (χ0v) is 15.7. The molecule has 140 valence electrons. The Morgan fingerprint density at radius 3 is 2.26 bits per heavy atom. The zero-order valence-electron chi connectivity index (χ0n) is 15.0. The van der Waals surface area contributed by atoms with Crippen molar-refractivity contribution in [2.75, 3.05) is 13.1 Å². The summed E-state index contributed by atoms with van der Waals surface area (Å²) in [6.07, 6.45) is 1.41.